The lowest BCUT2D eigenvalue weighted by Crippen LogP contribution is -2.24. The van der Waals surface area contributed by atoms with E-state index in [9.17, 15) is 4.79 Å². The second kappa shape index (κ2) is 9.18. The van der Waals surface area contributed by atoms with Gasteiger partial charge in [0.25, 0.3) is 5.91 Å². The van der Waals surface area contributed by atoms with Gasteiger partial charge in [0.1, 0.15) is 5.75 Å². The second-order valence-electron chi connectivity index (χ2n) is 7.05. The first-order valence-electron chi connectivity index (χ1n) is 10.1. The summed E-state index contributed by atoms with van der Waals surface area (Å²) in [6.45, 7) is 2.79. The van der Waals surface area contributed by atoms with Crippen molar-refractivity contribution in [3.05, 3.63) is 83.4 Å². The summed E-state index contributed by atoms with van der Waals surface area (Å²) in [5, 5.41) is 2.99. The number of amides is 1. The molecule has 4 nitrogen and oxygen atoms in total. The molecule has 0 unspecified atom stereocenters. The minimum atomic E-state index is -0.0629. The van der Waals surface area contributed by atoms with E-state index in [1.807, 2.05) is 54.6 Å². The maximum atomic E-state index is 12.6. The number of carbonyl (C=O) groups excluding carboxylic acids is 1. The molecule has 4 rings (SSSR count). The first-order valence-corrected chi connectivity index (χ1v) is 10.9. The molecule has 1 aliphatic rings. The summed E-state index contributed by atoms with van der Waals surface area (Å²) in [6, 6.07) is 21.9. The smallest absolute Gasteiger partial charge is 0.251 e. The number of rotatable bonds is 6. The Labute approximate surface area is 181 Å². The van der Waals surface area contributed by atoms with Gasteiger partial charge in [0.2, 0.25) is 0 Å². The number of unbranched alkanes of at least 4 members (excludes halogenated alkanes) is 1. The number of carbonyl (C=O) groups is 1. The first kappa shape index (κ1) is 20.2. The highest BCUT2D eigenvalue weighted by atomic mass is 32.2. The Morgan fingerprint density at radius 1 is 1.00 bits per heavy atom. The summed E-state index contributed by atoms with van der Waals surface area (Å²) >= 11 is 1.67. The molecule has 0 saturated heterocycles. The molecule has 0 fully saturated rings. The number of para-hydroxylation sites is 1. The third kappa shape index (κ3) is 4.12. The van der Waals surface area contributed by atoms with Crippen molar-refractivity contribution in [3.63, 3.8) is 0 Å². The minimum absolute atomic E-state index is 0.0629. The van der Waals surface area contributed by atoms with Crippen LogP contribution in [0.2, 0.25) is 0 Å². The largest absolute Gasteiger partial charge is 0.496 e. The molecule has 152 valence electrons. The fourth-order valence-electron chi connectivity index (χ4n) is 3.41. The number of aliphatic imine (C=N–C) groups is 1. The Bertz CT molecular complexity index is 1110. The molecule has 0 spiro atoms. The van der Waals surface area contributed by atoms with Gasteiger partial charge >= 0.3 is 0 Å². The molecular weight excluding hydrogens is 392 g/mol. The predicted octanol–water partition coefficient (Wildman–Crippen LogP) is 5.86. The van der Waals surface area contributed by atoms with E-state index < -0.39 is 0 Å². The molecule has 0 atom stereocenters. The van der Waals surface area contributed by atoms with Crippen molar-refractivity contribution >= 4 is 29.1 Å². The average Bonchev–Trinajstić information content (AvgIpc) is 2.95. The zero-order chi connectivity index (χ0) is 20.9. The van der Waals surface area contributed by atoms with Crippen LogP contribution >= 0.6 is 11.8 Å². The number of benzene rings is 3. The van der Waals surface area contributed by atoms with E-state index in [0.29, 0.717) is 12.1 Å². The first-order chi connectivity index (χ1) is 14.7. The fraction of sp³-hybridized carbons (Fsp3) is 0.200. The van der Waals surface area contributed by atoms with Crippen LogP contribution < -0.4 is 10.1 Å². The van der Waals surface area contributed by atoms with Crippen LogP contribution in [0.5, 0.6) is 5.75 Å². The summed E-state index contributed by atoms with van der Waals surface area (Å²) in [5.41, 5.74) is 4.24. The van der Waals surface area contributed by atoms with E-state index in [-0.39, 0.29) is 5.91 Å². The highest BCUT2D eigenvalue weighted by Crippen LogP contribution is 2.42. The van der Waals surface area contributed by atoms with Gasteiger partial charge in [0, 0.05) is 33.0 Å². The normalized spacial score (nSPS) is 12.3. The minimum Gasteiger partial charge on any atom is -0.496 e. The van der Waals surface area contributed by atoms with Crippen LogP contribution in [-0.2, 0) is 0 Å². The van der Waals surface area contributed by atoms with Gasteiger partial charge in [-0.3, -0.25) is 4.79 Å². The van der Waals surface area contributed by atoms with E-state index in [1.54, 1.807) is 18.9 Å². The van der Waals surface area contributed by atoms with Gasteiger partial charge in [-0.05, 0) is 42.8 Å². The van der Waals surface area contributed by atoms with Gasteiger partial charge in [-0.2, -0.15) is 0 Å². The van der Waals surface area contributed by atoms with Gasteiger partial charge in [0.05, 0.1) is 18.5 Å². The quantitative estimate of drug-likeness (QED) is 0.401. The topological polar surface area (TPSA) is 50.7 Å². The predicted molar refractivity (Wildman–Crippen MR) is 123 cm³/mol. The summed E-state index contributed by atoms with van der Waals surface area (Å²) in [7, 11) is 1.67. The molecule has 3 aromatic carbocycles. The Morgan fingerprint density at radius 3 is 2.57 bits per heavy atom. The van der Waals surface area contributed by atoms with Crippen LogP contribution in [0.25, 0.3) is 0 Å². The van der Waals surface area contributed by atoms with Crippen molar-refractivity contribution in [2.75, 3.05) is 13.7 Å². The highest BCUT2D eigenvalue weighted by molar-refractivity contribution is 7.99. The molecule has 3 aromatic rings. The zero-order valence-electron chi connectivity index (χ0n) is 17.1. The summed E-state index contributed by atoms with van der Waals surface area (Å²) in [6.07, 6.45) is 2.02. The number of fused-ring (bicyclic) bond motifs is 2. The fourth-order valence-corrected chi connectivity index (χ4v) is 4.41. The monoisotopic (exact) mass is 416 g/mol. The summed E-state index contributed by atoms with van der Waals surface area (Å²) < 4.78 is 5.61. The van der Waals surface area contributed by atoms with E-state index in [2.05, 4.69) is 24.4 Å². The number of hydrogen-bond acceptors (Lipinski definition) is 4. The molecular formula is C25H24N2O2S. The van der Waals surface area contributed by atoms with Gasteiger partial charge in [0.15, 0.2) is 0 Å². The standard InChI is InChI=1S/C25H24N2O2S/c1-3-4-15-26-25(28)17-13-14-23-20(16-17)27-24(18-9-5-7-11-21(18)29-2)19-10-6-8-12-22(19)30-23/h5-14,16H,3-4,15H2,1-2H3,(H,26,28). The molecule has 0 saturated carbocycles. The Morgan fingerprint density at radius 2 is 1.77 bits per heavy atom. The van der Waals surface area contributed by atoms with E-state index >= 15 is 0 Å². The maximum absolute atomic E-state index is 12.6. The molecule has 0 bridgehead atoms. The van der Waals surface area contributed by atoms with Gasteiger partial charge in [-0.25, -0.2) is 4.99 Å². The van der Waals surface area contributed by atoms with Crippen LogP contribution in [0.4, 0.5) is 5.69 Å². The second-order valence-corrected chi connectivity index (χ2v) is 8.13. The van der Waals surface area contributed by atoms with Gasteiger partial charge in [-0.15, -0.1) is 0 Å². The number of hydrogen-bond donors (Lipinski definition) is 1. The van der Waals surface area contributed by atoms with E-state index in [0.717, 1.165) is 50.9 Å². The molecule has 1 aliphatic heterocycles. The van der Waals surface area contributed by atoms with Crippen LogP contribution in [0.3, 0.4) is 0 Å². The molecule has 30 heavy (non-hydrogen) atoms. The van der Waals surface area contributed by atoms with Gasteiger partial charge in [-0.1, -0.05) is 55.4 Å². The molecule has 0 radical (unpaired) electrons. The van der Waals surface area contributed by atoms with Crippen LogP contribution in [0.1, 0.15) is 41.3 Å². The summed E-state index contributed by atoms with van der Waals surface area (Å²) in [4.78, 5) is 19.8. The van der Waals surface area contributed by atoms with Gasteiger partial charge < -0.3 is 10.1 Å². The Hall–Kier alpha value is -3.05. The van der Waals surface area contributed by atoms with Crippen LogP contribution in [0, 0.1) is 0 Å². The lowest BCUT2D eigenvalue weighted by molar-refractivity contribution is 0.0953. The van der Waals surface area contributed by atoms with Crippen LogP contribution in [-0.4, -0.2) is 25.3 Å². The molecule has 0 aliphatic carbocycles. The lowest BCUT2D eigenvalue weighted by atomic mass is 10.0. The van der Waals surface area contributed by atoms with Crippen molar-refractivity contribution < 1.29 is 9.53 Å². The van der Waals surface area contributed by atoms with Crippen molar-refractivity contribution in [1.82, 2.24) is 5.32 Å². The third-order valence-corrected chi connectivity index (χ3v) is 6.13. The molecule has 5 heteroatoms. The summed E-state index contributed by atoms with van der Waals surface area (Å²) in [5.74, 6) is 0.708. The van der Waals surface area contributed by atoms with Crippen molar-refractivity contribution in [2.45, 2.75) is 29.6 Å². The number of ether oxygens (including phenoxy) is 1. The van der Waals surface area contributed by atoms with Crippen molar-refractivity contribution in [2.24, 2.45) is 4.99 Å². The lowest BCUT2D eigenvalue weighted by Gasteiger charge is -2.12. The SMILES string of the molecule is CCCCNC(=O)c1ccc2c(c1)N=C(c1ccccc1OC)c1ccccc1S2. The zero-order valence-corrected chi connectivity index (χ0v) is 18.0. The van der Waals surface area contributed by atoms with Crippen LogP contribution in [0.15, 0.2) is 81.5 Å². The Kier molecular flexibility index (Phi) is 6.19. The molecule has 1 N–H and O–H groups in total. The number of nitrogens with zero attached hydrogens (tertiary/aromatic N) is 1. The van der Waals surface area contributed by atoms with E-state index in [4.69, 9.17) is 9.73 Å². The molecule has 1 amide bonds. The maximum Gasteiger partial charge on any atom is 0.251 e. The average molecular weight is 417 g/mol. The number of nitrogens with one attached hydrogen (secondary N) is 1. The van der Waals surface area contributed by atoms with Crippen molar-refractivity contribution in [1.29, 1.82) is 0 Å². The van der Waals surface area contributed by atoms with E-state index in [1.165, 1.54) is 0 Å². The molecule has 1 heterocycles. The Balaban J connectivity index is 1.82. The van der Waals surface area contributed by atoms with Crippen molar-refractivity contribution in [3.8, 4) is 5.75 Å². The highest BCUT2D eigenvalue weighted by Gasteiger charge is 2.21. The number of methoxy groups -OCH3 is 1. The molecule has 0 aromatic heterocycles. The third-order valence-electron chi connectivity index (χ3n) is 4.99.